The van der Waals surface area contributed by atoms with Crippen LogP contribution in [0.3, 0.4) is 0 Å². The first-order chi connectivity index (χ1) is 9.79. The van der Waals surface area contributed by atoms with E-state index in [-0.39, 0.29) is 16.7 Å². The third-order valence-electron chi connectivity index (χ3n) is 2.67. The zero-order valence-corrected chi connectivity index (χ0v) is 12.1. The molecular weight excluding hydrogens is 305 g/mol. The highest BCUT2D eigenvalue weighted by Gasteiger charge is 2.43. The zero-order chi connectivity index (χ0) is 15.6. The van der Waals surface area contributed by atoms with E-state index < -0.39 is 18.1 Å². The van der Waals surface area contributed by atoms with Crippen molar-refractivity contribution in [1.29, 1.82) is 0 Å². The number of hydrogen-bond donors (Lipinski definition) is 1. The van der Waals surface area contributed by atoms with Gasteiger partial charge in [0.15, 0.2) is 6.04 Å². The molecule has 2 rings (SSSR count). The number of hydrogen-bond acceptors (Lipinski definition) is 4. The first kappa shape index (κ1) is 15.5. The van der Waals surface area contributed by atoms with Crippen LogP contribution >= 0.6 is 11.3 Å². The quantitative estimate of drug-likeness (QED) is 0.943. The molecule has 0 saturated heterocycles. The molecular formula is C12H13F3N4OS. The van der Waals surface area contributed by atoms with E-state index >= 15 is 0 Å². The highest BCUT2D eigenvalue weighted by molar-refractivity contribution is 7.09. The van der Waals surface area contributed by atoms with Crippen LogP contribution in [0, 0.1) is 0 Å². The van der Waals surface area contributed by atoms with E-state index in [0.717, 1.165) is 11.3 Å². The molecule has 5 nitrogen and oxygen atoms in total. The number of amides is 1. The van der Waals surface area contributed by atoms with Crippen LogP contribution in [-0.4, -0.2) is 26.8 Å². The Balaban J connectivity index is 2.18. The average Bonchev–Trinajstić information content (AvgIpc) is 3.05. The van der Waals surface area contributed by atoms with Crippen molar-refractivity contribution in [3.8, 4) is 0 Å². The van der Waals surface area contributed by atoms with Gasteiger partial charge in [-0.1, -0.05) is 0 Å². The second-order valence-electron chi connectivity index (χ2n) is 4.59. The molecule has 21 heavy (non-hydrogen) atoms. The molecule has 2 heterocycles. The lowest BCUT2D eigenvalue weighted by Gasteiger charge is -2.18. The number of aromatic nitrogens is 3. The fourth-order valence-corrected chi connectivity index (χ4v) is 2.32. The van der Waals surface area contributed by atoms with Crippen LogP contribution in [-0.2, 0) is 0 Å². The number of carbonyl (C=O) groups is 1. The second kappa shape index (κ2) is 5.84. The monoisotopic (exact) mass is 318 g/mol. The molecule has 1 amide bonds. The van der Waals surface area contributed by atoms with Crippen LogP contribution in [0.2, 0.25) is 0 Å². The van der Waals surface area contributed by atoms with Gasteiger partial charge in [0.1, 0.15) is 10.7 Å². The molecule has 0 aliphatic carbocycles. The summed E-state index contributed by atoms with van der Waals surface area (Å²) in [5.74, 6) is -0.882. The van der Waals surface area contributed by atoms with Crippen LogP contribution in [0.5, 0.6) is 0 Å². The van der Waals surface area contributed by atoms with E-state index in [9.17, 15) is 18.0 Å². The van der Waals surface area contributed by atoms with Gasteiger partial charge >= 0.3 is 6.18 Å². The van der Waals surface area contributed by atoms with Gasteiger partial charge in [0.05, 0.1) is 0 Å². The number of thiazole rings is 1. The Morgan fingerprint density at radius 3 is 2.62 bits per heavy atom. The lowest BCUT2D eigenvalue weighted by molar-refractivity contribution is -0.155. The van der Waals surface area contributed by atoms with Crippen LogP contribution in [0.1, 0.15) is 41.4 Å². The molecule has 0 unspecified atom stereocenters. The third kappa shape index (κ3) is 3.60. The van der Waals surface area contributed by atoms with Crippen molar-refractivity contribution in [2.45, 2.75) is 32.1 Å². The number of rotatable bonds is 4. The lowest BCUT2D eigenvalue weighted by Crippen LogP contribution is -2.38. The van der Waals surface area contributed by atoms with Crippen molar-refractivity contribution in [3.05, 3.63) is 34.5 Å². The maximum absolute atomic E-state index is 13.0. The summed E-state index contributed by atoms with van der Waals surface area (Å²) in [6.45, 7) is 3.70. The van der Waals surface area contributed by atoms with Crippen molar-refractivity contribution in [2.24, 2.45) is 0 Å². The van der Waals surface area contributed by atoms with Gasteiger partial charge in [0.25, 0.3) is 5.91 Å². The molecule has 1 N–H and O–H groups in total. The smallest absolute Gasteiger partial charge is 0.333 e. The zero-order valence-electron chi connectivity index (χ0n) is 11.3. The number of halogens is 3. The number of nitrogens with zero attached hydrogens (tertiary/aromatic N) is 3. The molecule has 0 aliphatic rings. The second-order valence-corrected chi connectivity index (χ2v) is 5.52. The fraction of sp³-hybridized carbons (Fsp3) is 0.417. The minimum atomic E-state index is -4.62. The minimum Gasteiger partial charge on any atom is -0.333 e. The van der Waals surface area contributed by atoms with Gasteiger partial charge in [-0.3, -0.25) is 9.48 Å². The van der Waals surface area contributed by atoms with Gasteiger partial charge in [0.2, 0.25) is 0 Å². The SMILES string of the molecule is CC(C)n1ccc(C(=O)N[C@@H](c2nccs2)C(F)(F)F)n1. The Kier molecular flexibility index (Phi) is 4.31. The number of alkyl halides is 3. The van der Waals surface area contributed by atoms with Crippen LogP contribution in [0.4, 0.5) is 13.2 Å². The van der Waals surface area contributed by atoms with Crippen molar-refractivity contribution >= 4 is 17.2 Å². The lowest BCUT2D eigenvalue weighted by atomic mass is 10.2. The summed E-state index contributed by atoms with van der Waals surface area (Å²) >= 11 is 0.834. The highest BCUT2D eigenvalue weighted by Crippen LogP contribution is 2.33. The summed E-state index contributed by atoms with van der Waals surface area (Å²) in [6.07, 6.45) is -1.81. The van der Waals surface area contributed by atoms with Gasteiger partial charge in [-0.05, 0) is 19.9 Å². The van der Waals surface area contributed by atoms with Gasteiger partial charge in [-0.25, -0.2) is 4.98 Å². The van der Waals surface area contributed by atoms with E-state index in [1.54, 1.807) is 6.20 Å². The number of carbonyl (C=O) groups excluding carboxylic acids is 1. The van der Waals surface area contributed by atoms with Gasteiger partial charge in [-0.2, -0.15) is 18.3 Å². The first-order valence-corrected chi connectivity index (χ1v) is 6.99. The van der Waals surface area contributed by atoms with Gasteiger partial charge in [0, 0.05) is 23.8 Å². The van der Waals surface area contributed by atoms with Crippen molar-refractivity contribution in [2.75, 3.05) is 0 Å². The van der Waals surface area contributed by atoms with Crippen LogP contribution in [0.25, 0.3) is 0 Å². The molecule has 0 spiro atoms. The molecule has 9 heteroatoms. The van der Waals surface area contributed by atoms with E-state index in [1.165, 1.54) is 22.3 Å². The topological polar surface area (TPSA) is 59.8 Å². The Morgan fingerprint density at radius 1 is 1.43 bits per heavy atom. The van der Waals surface area contributed by atoms with Crippen LogP contribution < -0.4 is 5.32 Å². The summed E-state index contributed by atoms with van der Waals surface area (Å²) in [4.78, 5) is 15.5. The maximum Gasteiger partial charge on any atom is 0.415 e. The normalized spacial score (nSPS) is 13.4. The first-order valence-electron chi connectivity index (χ1n) is 6.11. The van der Waals surface area contributed by atoms with E-state index in [1.807, 2.05) is 19.2 Å². The summed E-state index contributed by atoms with van der Waals surface area (Å²) in [6, 6.07) is -0.733. The summed E-state index contributed by atoms with van der Waals surface area (Å²) in [7, 11) is 0. The largest absolute Gasteiger partial charge is 0.415 e. The van der Waals surface area contributed by atoms with Crippen molar-refractivity contribution < 1.29 is 18.0 Å². The van der Waals surface area contributed by atoms with Crippen molar-refractivity contribution in [1.82, 2.24) is 20.1 Å². The Morgan fingerprint density at radius 2 is 2.14 bits per heavy atom. The Labute approximate surface area is 122 Å². The molecule has 0 saturated carbocycles. The summed E-state index contributed by atoms with van der Waals surface area (Å²) < 4.78 is 40.6. The minimum absolute atomic E-state index is 0.0175. The molecule has 0 bridgehead atoms. The Bertz CT molecular complexity index is 606. The summed E-state index contributed by atoms with van der Waals surface area (Å²) in [5, 5.41) is 7.10. The Hall–Kier alpha value is -1.90. The molecule has 0 fully saturated rings. The average molecular weight is 318 g/mol. The van der Waals surface area contributed by atoms with Gasteiger partial charge in [-0.15, -0.1) is 11.3 Å². The molecule has 0 radical (unpaired) electrons. The van der Waals surface area contributed by atoms with E-state index in [4.69, 9.17) is 0 Å². The molecule has 2 aromatic rings. The number of nitrogens with one attached hydrogen (secondary N) is 1. The fourth-order valence-electron chi connectivity index (χ4n) is 1.61. The predicted molar refractivity (Wildman–Crippen MR) is 71.0 cm³/mol. The van der Waals surface area contributed by atoms with E-state index in [0.29, 0.717) is 0 Å². The highest BCUT2D eigenvalue weighted by atomic mass is 32.1. The molecule has 0 aliphatic heterocycles. The van der Waals surface area contributed by atoms with Gasteiger partial charge < -0.3 is 5.32 Å². The standard InChI is InChI=1S/C12H13F3N4OS/c1-7(2)19-5-3-8(18-19)10(20)17-9(12(13,14)15)11-16-4-6-21-11/h3-7,9H,1-2H3,(H,17,20)/t9-/m0/s1. The van der Waals surface area contributed by atoms with E-state index in [2.05, 4.69) is 10.1 Å². The molecule has 0 aromatic carbocycles. The van der Waals surface area contributed by atoms with Crippen LogP contribution in [0.15, 0.2) is 23.8 Å². The molecule has 1 atom stereocenters. The molecule has 114 valence electrons. The van der Waals surface area contributed by atoms with Crippen molar-refractivity contribution in [3.63, 3.8) is 0 Å². The third-order valence-corrected chi connectivity index (χ3v) is 3.51. The maximum atomic E-state index is 13.0. The predicted octanol–water partition coefficient (Wildman–Crippen LogP) is 2.95. The molecule has 2 aromatic heterocycles. The summed E-state index contributed by atoms with van der Waals surface area (Å²) in [5.41, 5.74) is -0.0606.